The molecule has 0 atom stereocenters. The third-order valence-electron chi connectivity index (χ3n) is 6.48. The van der Waals surface area contributed by atoms with E-state index in [1.807, 2.05) is 0 Å². The van der Waals surface area contributed by atoms with E-state index in [2.05, 4.69) is 10.3 Å². The molecule has 0 unspecified atom stereocenters. The van der Waals surface area contributed by atoms with Crippen molar-refractivity contribution in [3.05, 3.63) is 47.0 Å². The van der Waals surface area contributed by atoms with Crippen molar-refractivity contribution in [2.75, 3.05) is 31.5 Å². The number of sulfonamides is 1. The lowest BCUT2D eigenvalue weighted by molar-refractivity contribution is -0.120. The van der Waals surface area contributed by atoms with E-state index in [9.17, 15) is 22.4 Å². The van der Waals surface area contributed by atoms with Crippen LogP contribution in [-0.4, -0.2) is 60.6 Å². The molecule has 2 aliphatic rings. The predicted octanol–water partition coefficient (Wildman–Crippen LogP) is 3.05. The molecule has 178 valence electrons. The topological polar surface area (TPSA) is 103 Å². The molecule has 0 bridgehead atoms. The van der Waals surface area contributed by atoms with Gasteiger partial charge in [0, 0.05) is 43.5 Å². The molecule has 2 fully saturated rings. The summed E-state index contributed by atoms with van der Waals surface area (Å²) in [6.45, 7) is 4.94. The van der Waals surface area contributed by atoms with E-state index in [-0.39, 0.29) is 41.1 Å². The van der Waals surface area contributed by atoms with E-state index in [0.29, 0.717) is 37.3 Å². The van der Waals surface area contributed by atoms with E-state index in [0.717, 1.165) is 12.8 Å². The molecule has 2 amide bonds. The number of hydrogen-bond acceptors (Lipinski definition) is 4. The lowest BCUT2D eigenvalue weighted by atomic mass is 9.97. The number of carbonyl (C=O) groups is 2. The molecule has 2 saturated heterocycles. The fraction of sp³-hybridized carbons (Fsp3) is 0.478. The molecular formula is C23H29FN4O4S. The second-order valence-electron chi connectivity index (χ2n) is 8.73. The minimum atomic E-state index is -3.93. The zero-order valence-electron chi connectivity index (χ0n) is 18.9. The highest BCUT2D eigenvalue weighted by Crippen LogP contribution is 2.31. The third-order valence-corrected chi connectivity index (χ3v) is 8.55. The van der Waals surface area contributed by atoms with Crippen LogP contribution in [0.4, 0.5) is 10.1 Å². The SMILES string of the molecule is Cc1[nH]c(C)c(S(=O)(=O)N2CCC(C(=O)Nc3ccccc3F)CC2)c1C(=O)N1CCCC1. The summed E-state index contributed by atoms with van der Waals surface area (Å²) in [5, 5.41) is 2.60. The monoisotopic (exact) mass is 476 g/mol. The first-order valence-electron chi connectivity index (χ1n) is 11.2. The molecular weight excluding hydrogens is 447 g/mol. The standard InChI is InChI=1S/C23H29FN4O4S/c1-15-20(23(30)27-11-5-6-12-27)21(16(2)25-15)33(31,32)28-13-9-17(10-14-28)22(29)26-19-8-4-3-7-18(19)24/h3-4,7-8,17,25H,5-6,9-14H2,1-2H3,(H,26,29). The number of benzene rings is 1. The largest absolute Gasteiger partial charge is 0.361 e. The lowest BCUT2D eigenvalue weighted by Gasteiger charge is -2.31. The Bertz CT molecular complexity index is 1160. The van der Waals surface area contributed by atoms with Crippen LogP contribution in [0.1, 0.15) is 47.4 Å². The van der Waals surface area contributed by atoms with Gasteiger partial charge in [0.2, 0.25) is 15.9 Å². The van der Waals surface area contributed by atoms with Crippen LogP contribution < -0.4 is 5.32 Å². The van der Waals surface area contributed by atoms with Crippen molar-refractivity contribution in [3.8, 4) is 0 Å². The number of hydrogen-bond donors (Lipinski definition) is 2. The highest BCUT2D eigenvalue weighted by Gasteiger charge is 2.38. The summed E-state index contributed by atoms with van der Waals surface area (Å²) >= 11 is 0. The van der Waals surface area contributed by atoms with Crippen LogP contribution in [0.25, 0.3) is 0 Å². The van der Waals surface area contributed by atoms with Gasteiger partial charge in [-0.05, 0) is 51.7 Å². The van der Waals surface area contributed by atoms with Crippen molar-refractivity contribution in [3.63, 3.8) is 0 Å². The van der Waals surface area contributed by atoms with Crippen molar-refractivity contribution in [1.82, 2.24) is 14.2 Å². The number of aromatic amines is 1. The van der Waals surface area contributed by atoms with Gasteiger partial charge in [-0.1, -0.05) is 12.1 Å². The Morgan fingerprint density at radius 1 is 1.03 bits per heavy atom. The van der Waals surface area contributed by atoms with Crippen LogP contribution >= 0.6 is 0 Å². The summed E-state index contributed by atoms with van der Waals surface area (Å²) in [6, 6.07) is 5.94. The van der Waals surface area contributed by atoms with Gasteiger partial charge < -0.3 is 15.2 Å². The molecule has 3 heterocycles. The van der Waals surface area contributed by atoms with Gasteiger partial charge in [-0.25, -0.2) is 12.8 Å². The zero-order valence-corrected chi connectivity index (χ0v) is 19.7. The highest BCUT2D eigenvalue weighted by molar-refractivity contribution is 7.89. The molecule has 2 aliphatic heterocycles. The van der Waals surface area contributed by atoms with Crippen molar-refractivity contribution in [2.24, 2.45) is 5.92 Å². The summed E-state index contributed by atoms with van der Waals surface area (Å²) in [7, 11) is -3.93. The fourth-order valence-corrected chi connectivity index (χ4v) is 6.59. The Balaban J connectivity index is 1.49. The fourth-order valence-electron chi connectivity index (χ4n) is 4.70. The van der Waals surface area contributed by atoms with E-state index >= 15 is 0 Å². The summed E-state index contributed by atoms with van der Waals surface area (Å²) in [5.41, 5.74) is 1.31. The number of aryl methyl sites for hydroxylation is 2. The molecule has 1 aromatic heterocycles. The smallest absolute Gasteiger partial charge is 0.257 e. The zero-order chi connectivity index (χ0) is 23.8. The summed E-state index contributed by atoms with van der Waals surface area (Å²) in [5.74, 6) is -1.52. The van der Waals surface area contributed by atoms with E-state index in [4.69, 9.17) is 0 Å². The number of rotatable bonds is 5. The highest BCUT2D eigenvalue weighted by atomic mass is 32.2. The summed E-state index contributed by atoms with van der Waals surface area (Å²) < 4.78 is 42.3. The second kappa shape index (κ2) is 9.26. The number of nitrogens with zero attached hydrogens (tertiary/aromatic N) is 2. The number of para-hydroxylation sites is 1. The molecule has 10 heteroatoms. The maximum Gasteiger partial charge on any atom is 0.257 e. The van der Waals surface area contributed by atoms with Crippen LogP contribution in [0.5, 0.6) is 0 Å². The number of H-pyrrole nitrogens is 1. The normalized spacial score (nSPS) is 18.0. The van der Waals surface area contributed by atoms with Gasteiger partial charge in [0.25, 0.3) is 5.91 Å². The maximum atomic E-state index is 13.8. The lowest BCUT2D eigenvalue weighted by Crippen LogP contribution is -2.42. The first kappa shape index (κ1) is 23.4. The quantitative estimate of drug-likeness (QED) is 0.692. The van der Waals surface area contributed by atoms with E-state index in [1.54, 1.807) is 30.9 Å². The van der Waals surface area contributed by atoms with Gasteiger partial charge in [-0.2, -0.15) is 4.31 Å². The molecule has 4 rings (SSSR count). The van der Waals surface area contributed by atoms with Crippen molar-refractivity contribution >= 4 is 27.5 Å². The molecule has 0 aliphatic carbocycles. The summed E-state index contributed by atoms with van der Waals surface area (Å²) in [4.78, 5) is 30.5. The number of anilines is 1. The maximum absolute atomic E-state index is 13.8. The Kier molecular flexibility index (Phi) is 6.58. The van der Waals surface area contributed by atoms with Crippen molar-refractivity contribution in [1.29, 1.82) is 0 Å². The average Bonchev–Trinajstić information content (AvgIpc) is 3.43. The number of piperidine rings is 1. The molecule has 0 saturated carbocycles. The molecule has 33 heavy (non-hydrogen) atoms. The van der Waals surface area contributed by atoms with Gasteiger partial charge in [0.05, 0.1) is 11.3 Å². The Hall–Kier alpha value is -2.72. The number of halogens is 1. The number of carbonyl (C=O) groups excluding carboxylic acids is 2. The number of nitrogens with one attached hydrogen (secondary N) is 2. The first-order chi connectivity index (χ1) is 15.7. The van der Waals surface area contributed by atoms with Gasteiger partial charge in [-0.3, -0.25) is 9.59 Å². The van der Waals surface area contributed by atoms with Crippen LogP contribution in [0.15, 0.2) is 29.2 Å². The molecule has 1 aromatic carbocycles. The van der Waals surface area contributed by atoms with E-state index in [1.165, 1.54) is 16.4 Å². The second-order valence-corrected chi connectivity index (χ2v) is 10.6. The summed E-state index contributed by atoms with van der Waals surface area (Å²) in [6.07, 6.45) is 2.46. The average molecular weight is 477 g/mol. The number of amides is 2. The predicted molar refractivity (Wildman–Crippen MR) is 122 cm³/mol. The Morgan fingerprint density at radius 3 is 2.30 bits per heavy atom. The van der Waals surface area contributed by atoms with Crippen LogP contribution in [0.2, 0.25) is 0 Å². The van der Waals surface area contributed by atoms with Crippen molar-refractivity contribution < 1.29 is 22.4 Å². The minimum Gasteiger partial charge on any atom is -0.361 e. The first-order valence-corrected chi connectivity index (χ1v) is 12.7. The van der Waals surface area contributed by atoms with Gasteiger partial charge >= 0.3 is 0 Å². The van der Waals surface area contributed by atoms with Crippen LogP contribution in [0, 0.1) is 25.6 Å². The molecule has 0 spiro atoms. The van der Waals surface area contributed by atoms with Crippen LogP contribution in [0.3, 0.4) is 0 Å². The molecule has 0 radical (unpaired) electrons. The van der Waals surface area contributed by atoms with Gasteiger partial charge in [0.1, 0.15) is 10.7 Å². The minimum absolute atomic E-state index is 0.0335. The van der Waals surface area contributed by atoms with Gasteiger partial charge in [-0.15, -0.1) is 0 Å². The number of aromatic nitrogens is 1. The third kappa shape index (κ3) is 4.54. The van der Waals surface area contributed by atoms with Gasteiger partial charge in [0.15, 0.2) is 0 Å². The van der Waals surface area contributed by atoms with Crippen molar-refractivity contribution in [2.45, 2.75) is 44.4 Å². The van der Waals surface area contributed by atoms with E-state index < -0.39 is 21.8 Å². The Morgan fingerprint density at radius 2 is 1.67 bits per heavy atom. The Labute approximate surface area is 193 Å². The molecule has 8 nitrogen and oxygen atoms in total. The molecule has 2 N–H and O–H groups in total. The van der Waals surface area contributed by atoms with Crippen LogP contribution in [-0.2, 0) is 14.8 Å². The number of likely N-dealkylation sites (tertiary alicyclic amines) is 1. The molecule has 2 aromatic rings.